The summed E-state index contributed by atoms with van der Waals surface area (Å²) in [7, 11) is 3.23. The molecule has 0 aromatic heterocycles. The lowest BCUT2D eigenvalue weighted by atomic mass is 10.1. The first kappa shape index (κ1) is 16.7. The summed E-state index contributed by atoms with van der Waals surface area (Å²) in [5, 5.41) is 3.35. The molecule has 4 nitrogen and oxygen atoms in total. The maximum Gasteiger partial charge on any atom is 0.203 e. The number of benzene rings is 1. The Balaban J connectivity index is 2.92. The second-order valence-electron chi connectivity index (χ2n) is 4.18. The van der Waals surface area contributed by atoms with Crippen LogP contribution in [-0.4, -0.2) is 27.4 Å². The molecule has 1 rings (SSSR count). The average molecular weight is 300 g/mol. The van der Waals surface area contributed by atoms with Gasteiger partial charge in [0.1, 0.15) is 6.61 Å². The van der Waals surface area contributed by atoms with E-state index >= 15 is 0 Å². The Hall–Kier alpha value is -1.39. The van der Waals surface area contributed by atoms with E-state index < -0.39 is 0 Å². The average Bonchev–Trinajstić information content (AvgIpc) is 2.48. The Labute approximate surface area is 125 Å². The minimum absolute atomic E-state index is 0.365. The monoisotopic (exact) mass is 299 g/mol. The lowest BCUT2D eigenvalue weighted by Gasteiger charge is -2.15. The second kappa shape index (κ2) is 9.50. The number of hydrogen-bond acceptors (Lipinski definition) is 4. The number of ether oxygens (including phenoxy) is 3. The van der Waals surface area contributed by atoms with Gasteiger partial charge in [-0.3, -0.25) is 0 Å². The van der Waals surface area contributed by atoms with Crippen molar-refractivity contribution in [3.05, 3.63) is 29.3 Å². The third-order valence-electron chi connectivity index (χ3n) is 2.69. The van der Waals surface area contributed by atoms with Crippen LogP contribution in [0.2, 0.25) is 0 Å². The fourth-order valence-electron chi connectivity index (χ4n) is 1.76. The maximum atomic E-state index is 5.63. The Kier molecular flexibility index (Phi) is 7.92. The molecule has 0 bridgehead atoms. The van der Waals surface area contributed by atoms with Gasteiger partial charge in [0.15, 0.2) is 11.5 Å². The van der Waals surface area contributed by atoms with E-state index in [1.54, 1.807) is 20.3 Å². The summed E-state index contributed by atoms with van der Waals surface area (Å²) in [5.41, 5.74) is 2.51. The highest BCUT2D eigenvalue weighted by molar-refractivity contribution is 6.25. The van der Waals surface area contributed by atoms with Crippen molar-refractivity contribution in [2.24, 2.45) is 0 Å². The molecule has 1 N–H and O–H groups in total. The van der Waals surface area contributed by atoms with Gasteiger partial charge in [-0.05, 0) is 36.7 Å². The summed E-state index contributed by atoms with van der Waals surface area (Å²) in [6.07, 6.45) is 2.80. The Bertz CT molecular complexity index is 410. The molecule has 0 radical (unpaired) electrons. The Morgan fingerprint density at radius 3 is 2.35 bits per heavy atom. The van der Waals surface area contributed by atoms with Crippen LogP contribution in [0.3, 0.4) is 0 Å². The summed E-state index contributed by atoms with van der Waals surface area (Å²) >= 11 is 5.48. The van der Waals surface area contributed by atoms with Gasteiger partial charge in [0.25, 0.3) is 0 Å². The Morgan fingerprint density at radius 1 is 1.20 bits per heavy atom. The SMILES string of the molecule is CCCNCc1cc(OC)c(OC/C=C/Cl)c(OC)c1. The first-order chi connectivity index (χ1) is 9.76. The predicted octanol–water partition coefficient (Wildman–Crippen LogP) is 3.33. The predicted molar refractivity (Wildman–Crippen MR) is 82.0 cm³/mol. The van der Waals surface area contributed by atoms with Crippen molar-refractivity contribution < 1.29 is 14.2 Å². The zero-order chi connectivity index (χ0) is 14.8. The molecular formula is C15H22ClNO3. The van der Waals surface area contributed by atoms with Gasteiger partial charge in [0.2, 0.25) is 5.75 Å². The van der Waals surface area contributed by atoms with Crippen molar-refractivity contribution in [2.75, 3.05) is 27.4 Å². The fraction of sp³-hybridized carbons (Fsp3) is 0.467. The standard InChI is InChI=1S/C15H22ClNO3/c1-4-7-17-11-12-9-13(18-2)15(14(10-12)19-3)20-8-5-6-16/h5-6,9-10,17H,4,7-8,11H2,1-3H3/b6-5+. The molecule has 0 atom stereocenters. The number of rotatable bonds is 9. The third kappa shape index (κ3) is 4.94. The quantitative estimate of drug-likeness (QED) is 0.710. The first-order valence-corrected chi connectivity index (χ1v) is 7.04. The van der Waals surface area contributed by atoms with Crippen molar-refractivity contribution in [3.63, 3.8) is 0 Å². The van der Waals surface area contributed by atoms with Crippen LogP contribution in [0, 0.1) is 0 Å². The molecule has 1 aromatic carbocycles. The minimum Gasteiger partial charge on any atom is -0.493 e. The normalized spacial score (nSPS) is 10.8. The summed E-state index contributed by atoms with van der Waals surface area (Å²) in [5.74, 6) is 1.89. The van der Waals surface area contributed by atoms with Gasteiger partial charge in [-0.15, -0.1) is 0 Å². The molecule has 0 fully saturated rings. The van der Waals surface area contributed by atoms with Crippen molar-refractivity contribution in [3.8, 4) is 17.2 Å². The van der Waals surface area contributed by atoms with Crippen LogP contribution >= 0.6 is 11.6 Å². The van der Waals surface area contributed by atoms with Gasteiger partial charge in [-0.2, -0.15) is 0 Å². The van der Waals surface area contributed by atoms with Crippen LogP contribution < -0.4 is 19.5 Å². The van der Waals surface area contributed by atoms with Gasteiger partial charge in [-0.25, -0.2) is 0 Å². The summed E-state index contributed by atoms with van der Waals surface area (Å²) in [6, 6.07) is 3.90. The molecule has 0 aliphatic carbocycles. The summed E-state index contributed by atoms with van der Waals surface area (Å²) in [6.45, 7) is 4.24. The van der Waals surface area contributed by atoms with Gasteiger partial charge in [-0.1, -0.05) is 18.5 Å². The van der Waals surface area contributed by atoms with E-state index in [1.807, 2.05) is 12.1 Å². The highest BCUT2D eigenvalue weighted by Gasteiger charge is 2.13. The number of nitrogens with one attached hydrogen (secondary N) is 1. The number of hydrogen-bond donors (Lipinski definition) is 1. The fourth-order valence-corrected chi connectivity index (χ4v) is 1.83. The van der Waals surface area contributed by atoms with Crippen LogP contribution in [0.1, 0.15) is 18.9 Å². The molecule has 112 valence electrons. The number of halogens is 1. The van der Waals surface area contributed by atoms with E-state index in [9.17, 15) is 0 Å². The van der Waals surface area contributed by atoms with Crippen LogP contribution in [0.15, 0.2) is 23.7 Å². The van der Waals surface area contributed by atoms with E-state index in [1.165, 1.54) is 5.54 Å². The van der Waals surface area contributed by atoms with Crippen LogP contribution in [0.4, 0.5) is 0 Å². The number of methoxy groups -OCH3 is 2. The molecule has 0 spiro atoms. The van der Waals surface area contributed by atoms with Crippen LogP contribution in [0.5, 0.6) is 17.2 Å². The van der Waals surface area contributed by atoms with E-state index in [0.29, 0.717) is 23.9 Å². The second-order valence-corrected chi connectivity index (χ2v) is 4.43. The Morgan fingerprint density at radius 2 is 1.85 bits per heavy atom. The van der Waals surface area contributed by atoms with E-state index in [4.69, 9.17) is 25.8 Å². The van der Waals surface area contributed by atoms with E-state index in [2.05, 4.69) is 12.2 Å². The lowest BCUT2D eigenvalue weighted by Crippen LogP contribution is -2.14. The topological polar surface area (TPSA) is 39.7 Å². The van der Waals surface area contributed by atoms with Gasteiger partial charge >= 0.3 is 0 Å². The van der Waals surface area contributed by atoms with Crippen molar-refractivity contribution in [1.29, 1.82) is 0 Å². The molecule has 20 heavy (non-hydrogen) atoms. The zero-order valence-electron chi connectivity index (χ0n) is 12.2. The minimum atomic E-state index is 0.365. The third-order valence-corrected chi connectivity index (χ3v) is 2.87. The smallest absolute Gasteiger partial charge is 0.203 e. The molecule has 0 saturated carbocycles. The van der Waals surface area contributed by atoms with Crippen LogP contribution in [0.25, 0.3) is 0 Å². The molecule has 1 aromatic rings. The molecule has 0 aliphatic heterocycles. The highest BCUT2D eigenvalue weighted by atomic mass is 35.5. The molecular weight excluding hydrogens is 278 g/mol. The van der Waals surface area contributed by atoms with E-state index in [-0.39, 0.29) is 0 Å². The van der Waals surface area contributed by atoms with Gasteiger partial charge in [0.05, 0.1) is 14.2 Å². The van der Waals surface area contributed by atoms with Crippen molar-refractivity contribution in [2.45, 2.75) is 19.9 Å². The summed E-state index contributed by atoms with van der Waals surface area (Å²) < 4.78 is 16.4. The lowest BCUT2D eigenvalue weighted by molar-refractivity contribution is 0.300. The molecule has 0 heterocycles. The molecule has 0 unspecified atom stereocenters. The van der Waals surface area contributed by atoms with Crippen LogP contribution in [-0.2, 0) is 6.54 Å². The highest BCUT2D eigenvalue weighted by Crippen LogP contribution is 2.38. The van der Waals surface area contributed by atoms with Crippen molar-refractivity contribution in [1.82, 2.24) is 5.32 Å². The van der Waals surface area contributed by atoms with Gasteiger partial charge < -0.3 is 19.5 Å². The molecule has 0 aliphatic rings. The molecule has 5 heteroatoms. The maximum absolute atomic E-state index is 5.63. The summed E-state index contributed by atoms with van der Waals surface area (Å²) in [4.78, 5) is 0. The van der Waals surface area contributed by atoms with Gasteiger partial charge in [0, 0.05) is 12.1 Å². The first-order valence-electron chi connectivity index (χ1n) is 6.60. The largest absolute Gasteiger partial charge is 0.493 e. The molecule has 0 saturated heterocycles. The van der Waals surface area contributed by atoms with E-state index in [0.717, 1.165) is 25.1 Å². The van der Waals surface area contributed by atoms with Crippen molar-refractivity contribution >= 4 is 11.6 Å². The zero-order valence-corrected chi connectivity index (χ0v) is 13.0. The molecule has 0 amide bonds.